The van der Waals surface area contributed by atoms with Gasteiger partial charge in [0.1, 0.15) is 0 Å². The van der Waals surface area contributed by atoms with Crippen LogP contribution in [0.5, 0.6) is 0 Å². The molecule has 0 aromatic carbocycles. The molecule has 1 saturated heterocycles. The fourth-order valence-electron chi connectivity index (χ4n) is 3.84. The summed E-state index contributed by atoms with van der Waals surface area (Å²) in [5.41, 5.74) is 2.29. The average molecular weight is 310 g/mol. The van der Waals surface area contributed by atoms with Crippen LogP contribution in [-0.2, 0) is 4.74 Å². The van der Waals surface area contributed by atoms with Gasteiger partial charge in [0.15, 0.2) is 0 Å². The maximum absolute atomic E-state index is 6.14. The molecule has 5 nitrogen and oxygen atoms in total. The van der Waals surface area contributed by atoms with E-state index in [2.05, 4.69) is 32.3 Å². The summed E-state index contributed by atoms with van der Waals surface area (Å²) in [5.74, 6) is 0.541. The van der Waals surface area contributed by atoms with Gasteiger partial charge in [-0.05, 0) is 37.1 Å². The van der Waals surface area contributed by atoms with Gasteiger partial charge in [0.25, 0.3) is 0 Å². The van der Waals surface area contributed by atoms with Crippen LogP contribution in [0.25, 0.3) is 0 Å². The maximum Gasteiger partial charge on any atom is 0.0823 e. The second-order valence-electron chi connectivity index (χ2n) is 6.27. The molecule has 2 aliphatic rings. The first kappa shape index (κ1) is 14.5. The standard InChI is InChI=1S/C18H22N4O/c1-3-15(12-19-7-1)21-11-14-5-6-17-18(14)23-10-9-22(17)16-4-2-8-20-13-16/h1-4,7-8,12-14,17-18,21H,5-6,9-11H2/t14-,17+,18-/m0/s1. The molecule has 0 radical (unpaired) electrons. The maximum atomic E-state index is 6.14. The number of morpholine rings is 1. The quantitative estimate of drug-likeness (QED) is 0.940. The Balaban J connectivity index is 1.43. The summed E-state index contributed by atoms with van der Waals surface area (Å²) in [6.45, 7) is 2.68. The lowest BCUT2D eigenvalue weighted by Crippen LogP contribution is -2.51. The van der Waals surface area contributed by atoms with Crippen LogP contribution in [0.1, 0.15) is 12.8 Å². The third-order valence-electron chi connectivity index (χ3n) is 4.93. The molecule has 3 heterocycles. The van der Waals surface area contributed by atoms with Gasteiger partial charge in [-0.2, -0.15) is 0 Å². The minimum atomic E-state index is 0.299. The molecule has 4 rings (SSSR count). The Kier molecular flexibility index (Phi) is 4.11. The minimum absolute atomic E-state index is 0.299. The van der Waals surface area contributed by atoms with E-state index in [-0.39, 0.29) is 0 Å². The molecule has 1 aliphatic carbocycles. The molecule has 5 heteroatoms. The fraction of sp³-hybridized carbons (Fsp3) is 0.444. The third kappa shape index (κ3) is 3.01. The zero-order chi connectivity index (χ0) is 15.5. The number of ether oxygens (including phenoxy) is 1. The SMILES string of the molecule is c1cncc(NC[C@@H]2CC[C@@H]3[C@H]2OCCN3c2cccnc2)c1. The molecule has 0 spiro atoms. The summed E-state index contributed by atoms with van der Waals surface area (Å²) < 4.78 is 6.14. The van der Waals surface area contributed by atoms with Crippen LogP contribution >= 0.6 is 0 Å². The normalized spacial score (nSPS) is 26.8. The summed E-state index contributed by atoms with van der Waals surface area (Å²) >= 11 is 0. The van der Waals surface area contributed by atoms with Crippen LogP contribution in [0.3, 0.4) is 0 Å². The van der Waals surface area contributed by atoms with Crippen molar-refractivity contribution < 1.29 is 4.74 Å². The zero-order valence-electron chi connectivity index (χ0n) is 13.1. The highest BCUT2D eigenvalue weighted by Gasteiger charge is 2.42. The van der Waals surface area contributed by atoms with Crippen LogP contribution in [0, 0.1) is 5.92 Å². The van der Waals surface area contributed by atoms with Crippen LogP contribution in [0.2, 0.25) is 0 Å². The smallest absolute Gasteiger partial charge is 0.0823 e. The summed E-state index contributed by atoms with van der Waals surface area (Å²) in [7, 11) is 0. The van der Waals surface area contributed by atoms with Crippen molar-refractivity contribution in [2.75, 3.05) is 29.9 Å². The first-order chi connectivity index (χ1) is 11.4. The fourth-order valence-corrected chi connectivity index (χ4v) is 3.84. The molecular formula is C18H22N4O. The van der Waals surface area contributed by atoms with Gasteiger partial charge >= 0.3 is 0 Å². The van der Waals surface area contributed by atoms with Crippen LogP contribution in [-0.4, -0.2) is 41.8 Å². The predicted molar refractivity (Wildman–Crippen MR) is 90.6 cm³/mol. The molecular weight excluding hydrogens is 288 g/mol. The van der Waals surface area contributed by atoms with Crippen molar-refractivity contribution in [3.05, 3.63) is 49.1 Å². The number of nitrogens with zero attached hydrogens (tertiary/aromatic N) is 3. The van der Waals surface area contributed by atoms with Gasteiger partial charge in [-0.1, -0.05) is 0 Å². The monoisotopic (exact) mass is 310 g/mol. The van der Waals surface area contributed by atoms with Crippen molar-refractivity contribution in [3.63, 3.8) is 0 Å². The minimum Gasteiger partial charge on any atom is -0.383 e. The molecule has 0 bridgehead atoms. The Morgan fingerprint density at radius 2 is 2.00 bits per heavy atom. The largest absolute Gasteiger partial charge is 0.383 e. The van der Waals surface area contributed by atoms with Crippen molar-refractivity contribution in [1.29, 1.82) is 0 Å². The van der Waals surface area contributed by atoms with Crippen molar-refractivity contribution in [2.24, 2.45) is 5.92 Å². The van der Waals surface area contributed by atoms with Crippen molar-refractivity contribution in [2.45, 2.75) is 25.0 Å². The second-order valence-corrected chi connectivity index (χ2v) is 6.27. The lowest BCUT2D eigenvalue weighted by molar-refractivity contribution is 0.00136. The Labute approximate surface area is 136 Å². The Morgan fingerprint density at radius 1 is 1.13 bits per heavy atom. The Morgan fingerprint density at radius 3 is 2.78 bits per heavy atom. The summed E-state index contributed by atoms with van der Waals surface area (Å²) in [6.07, 6.45) is 10.1. The lowest BCUT2D eigenvalue weighted by Gasteiger charge is -2.40. The van der Waals surface area contributed by atoms with Crippen molar-refractivity contribution in [1.82, 2.24) is 9.97 Å². The molecule has 1 N–H and O–H groups in total. The molecule has 23 heavy (non-hydrogen) atoms. The highest BCUT2D eigenvalue weighted by Crippen LogP contribution is 2.36. The zero-order valence-corrected chi connectivity index (χ0v) is 13.1. The van der Waals surface area contributed by atoms with E-state index in [1.807, 2.05) is 30.7 Å². The van der Waals surface area contributed by atoms with Gasteiger partial charge in [0, 0.05) is 37.6 Å². The van der Waals surface area contributed by atoms with E-state index in [9.17, 15) is 0 Å². The summed E-state index contributed by atoms with van der Waals surface area (Å²) in [4.78, 5) is 10.9. The van der Waals surface area contributed by atoms with Gasteiger partial charge in [-0.3, -0.25) is 9.97 Å². The van der Waals surface area contributed by atoms with Crippen LogP contribution in [0.15, 0.2) is 49.1 Å². The number of hydrogen-bond donors (Lipinski definition) is 1. The summed E-state index contributed by atoms with van der Waals surface area (Å²) in [6, 6.07) is 8.64. The van der Waals surface area contributed by atoms with Gasteiger partial charge in [0.05, 0.1) is 36.3 Å². The molecule has 1 saturated carbocycles. The number of hydrogen-bond acceptors (Lipinski definition) is 5. The van der Waals surface area contributed by atoms with E-state index in [1.165, 1.54) is 18.5 Å². The van der Waals surface area contributed by atoms with Gasteiger partial charge in [-0.25, -0.2) is 0 Å². The van der Waals surface area contributed by atoms with Crippen molar-refractivity contribution in [3.8, 4) is 0 Å². The molecule has 120 valence electrons. The molecule has 2 aromatic rings. The summed E-state index contributed by atoms with van der Waals surface area (Å²) in [5, 5.41) is 3.50. The van der Waals surface area contributed by atoms with Crippen molar-refractivity contribution >= 4 is 11.4 Å². The van der Waals surface area contributed by atoms with Crippen LogP contribution < -0.4 is 10.2 Å². The van der Waals surface area contributed by atoms with Gasteiger partial charge in [0.2, 0.25) is 0 Å². The van der Waals surface area contributed by atoms with E-state index >= 15 is 0 Å². The van der Waals surface area contributed by atoms with E-state index in [4.69, 9.17) is 4.74 Å². The molecule has 2 fully saturated rings. The highest BCUT2D eigenvalue weighted by molar-refractivity contribution is 5.46. The predicted octanol–water partition coefficient (Wildman–Crippen LogP) is 2.57. The number of anilines is 2. The molecule has 0 unspecified atom stereocenters. The molecule has 2 aromatic heterocycles. The van der Waals surface area contributed by atoms with E-state index in [0.29, 0.717) is 18.1 Å². The number of aromatic nitrogens is 2. The average Bonchev–Trinajstić information content (AvgIpc) is 3.05. The number of nitrogens with one attached hydrogen (secondary N) is 1. The Bertz CT molecular complexity index is 621. The topological polar surface area (TPSA) is 50.3 Å². The lowest BCUT2D eigenvalue weighted by atomic mass is 10.0. The van der Waals surface area contributed by atoms with E-state index in [1.54, 1.807) is 6.20 Å². The molecule has 1 aliphatic heterocycles. The third-order valence-corrected chi connectivity index (χ3v) is 4.93. The van der Waals surface area contributed by atoms with E-state index in [0.717, 1.165) is 25.4 Å². The number of pyridine rings is 2. The Hall–Kier alpha value is -2.14. The first-order valence-electron chi connectivity index (χ1n) is 8.34. The second kappa shape index (κ2) is 6.54. The van der Waals surface area contributed by atoms with Gasteiger partial charge < -0.3 is 15.0 Å². The van der Waals surface area contributed by atoms with Gasteiger partial charge in [-0.15, -0.1) is 0 Å². The number of fused-ring (bicyclic) bond motifs is 1. The van der Waals surface area contributed by atoms with Crippen LogP contribution in [0.4, 0.5) is 11.4 Å². The highest BCUT2D eigenvalue weighted by atomic mass is 16.5. The number of rotatable bonds is 4. The van der Waals surface area contributed by atoms with E-state index < -0.39 is 0 Å². The molecule has 3 atom stereocenters. The molecule has 0 amide bonds. The first-order valence-corrected chi connectivity index (χ1v) is 8.34.